The summed E-state index contributed by atoms with van der Waals surface area (Å²) in [5.41, 5.74) is 1.42. The van der Waals surface area contributed by atoms with Gasteiger partial charge in [0.2, 0.25) is 0 Å². The molecule has 3 rings (SSSR count). The van der Waals surface area contributed by atoms with Crippen molar-refractivity contribution in [3.8, 4) is 0 Å². The van der Waals surface area contributed by atoms with Gasteiger partial charge in [0.15, 0.2) is 0 Å². The Bertz CT molecular complexity index is 330. The van der Waals surface area contributed by atoms with E-state index in [0.717, 1.165) is 23.7 Å². The first-order chi connectivity index (χ1) is 9.72. The zero-order valence-corrected chi connectivity index (χ0v) is 13.4. The molecule has 0 amide bonds. The molecule has 1 heterocycles. The molecule has 2 fully saturated rings. The van der Waals surface area contributed by atoms with Crippen molar-refractivity contribution in [3.05, 3.63) is 11.8 Å². The van der Waals surface area contributed by atoms with Gasteiger partial charge in [-0.2, -0.15) is 0 Å². The molecule has 0 spiro atoms. The fraction of sp³-hybridized carbons (Fsp3) is 0.895. The second-order valence-corrected chi connectivity index (χ2v) is 7.87. The van der Waals surface area contributed by atoms with Crippen LogP contribution in [0.3, 0.4) is 0 Å². The fourth-order valence-electron chi connectivity index (χ4n) is 4.79. The van der Waals surface area contributed by atoms with Crippen LogP contribution in [0.2, 0.25) is 0 Å². The molecule has 0 aromatic carbocycles. The molecule has 2 aliphatic carbocycles. The number of ether oxygens (including phenoxy) is 1. The molecule has 0 bridgehead atoms. The van der Waals surface area contributed by atoms with Gasteiger partial charge in [0.1, 0.15) is 6.10 Å². The smallest absolute Gasteiger partial charge is 0.101 e. The SMILES string of the molecule is CC1=COC(C2CCC(C3CCC(C)CC3)CC2)CC1. The maximum Gasteiger partial charge on any atom is 0.101 e. The van der Waals surface area contributed by atoms with Gasteiger partial charge < -0.3 is 4.74 Å². The van der Waals surface area contributed by atoms with E-state index in [1.54, 1.807) is 0 Å². The average molecular weight is 276 g/mol. The molecular formula is C19H32O. The molecule has 1 heteroatoms. The first-order valence-electron chi connectivity index (χ1n) is 9.03. The number of hydrogen-bond acceptors (Lipinski definition) is 1. The van der Waals surface area contributed by atoms with Crippen molar-refractivity contribution >= 4 is 0 Å². The monoisotopic (exact) mass is 276 g/mol. The van der Waals surface area contributed by atoms with Crippen molar-refractivity contribution in [3.63, 3.8) is 0 Å². The molecule has 1 atom stereocenters. The summed E-state index contributed by atoms with van der Waals surface area (Å²) < 4.78 is 5.96. The van der Waals surface area contributed by atoms with E-state index < -0.39 is 0 Å². The van der Waals surface area contributed by atoms with Gasteiger partial charge in [-0.1, -0.05) is 19.8 Å². The highest BCUT2D eigenvalue weighted by atomic mass is 16.5. The second kappa shape index (κ2) is 6.54. The highest BCUT2D eigenvalue weighted by molar-refractivity contribution is 4.98. The van der Waals surface area contributed by atoms with Crippen LogP contribution >= 0.6 is 0 Å². The van der Waals surface area contributed by atoms with E-state index in [1.807, 2.05) is 6.26 Å². The highest BCUT2D eigenvalue weighted by Gasteiger charge is 2.33. The Kier molecular flexibility index (Phi) is 4.73. The van der Waals surface area contributed by atoms with Crippen LogP contribution in [0.5, 0.6) is 0 Å². The van der Waals surface area contributed by atoms with E-state index in [9.17, 15) is 0 Å². The Hall–Kier alpha value is -0.460. The third kappa shape index (κ3) is 3.40. The van der Waals surface area contributed by atoms with Crippen LogP contribution in [0.1, 0.15) is 78.1 Å². The van der Waals surface area contributed by atoms with Crippen molar-refractivity contribution in [2.45, 2.75) is 84.2 Å². The summed E-state index contributed by atoms with van der Waals surface area (Å²) in [4.78, 5) is 0. The molecule has 0 aromatic heterocycles. The standard InChI is InChI=1S/C19H32O/c1-14-3-6-16(7-4-14)17-8-10-18(11-9-17)19-12-5-15(2)13-20-19/h13-14,16-19H,3-12H2,1-2H3. The lowest BCUT2D eigenvalue weighted by molar-refractivity contribution is 0.0306. The minimum Gasteiger partial charge on any atom is -0.498 e. The Balaban J connectivity index is 1.45. The highest BCUT2D eigenvalue weighted by Crippen LogP contribution is 2.43. The molecule has 0 N–H and O–H groups in total. The number of allylic oxidation sites excluding steroid dienone is 1. The molecule has 0 aromatic rings. The molecule has 0 radical (unpaired) electrons. The first-order valence-corrected chi connectivity index (χ1v) is 9.03. The van der Waals surface area contributed by atoms with Crippen LogP contribution < -0.4 is 0 Å². The van der Waals surface area contributed by atoms with Gasteiger partial charge in [0, 0.05) is 0 Å². The molecule has 1 unspecified atom stereocenters. The van der Waals surface area contributed by atoms with Gasteiger partial charge in [-0.3, -0.25) is 0 Å². The van der Waals surface area contributed by atoms with Crippen LogP contribution in [0.25, 0.3) is 0 Å². The largest absolute Gasteiger partial charge is 0.498 e. The van der Waals surface area contributed by atoms with E-state index in [-0.39, 0.29) is 0 Å². The number of rotatable bonds is 2. The zero-order valence-electron chi connectivity index (χ0n) is 13.4. The molecule has 2 saturated carbocycles. The van der Waals surface area contributed by atoms with E-state index in [1.165, 1.54) is 69.8 Å². The third-order valence-electron chi connectivity index (χ3n) is 6.34. The lowest BCUT2D eigenvalue weighted by Crippen LogP contribution is -2.31. The lowest BCUT2D eigenvalue weighted by atomic mass is 9.68. The zero-order chi connectivity index (χ0) is 13.9. The second-order valence-electron chi connectivity index (χ2n) is 7.87. The predicted molar refractivity (Wildman–Crippen MR) is 84.4 cm³/mol. The summed E-state index contributed by atoms with van der Waals surface area (Å²) in [6, 6.07) is 0. The minimum atomic E-state index is 0.533. The van der Waals surface area contributed by atoms with Crippen molar-refractivity contribution in [2.24, 2.45) is 23.7 Å². The summed E-state index contributed by atoms with van der Waals surface area (Å²) >= 11 is 0. The fourth-order valence-corrected chi connectivity index (χ4v) is 4.79. The molecule has 3 aliphatic rings. The van der Waals surface area contributed by atoms with Crippen LogP contribution in [-0.4, -0.2) is 6.10 Å². The van der Waals surface area contributed by atoms with Crippen molar-refractivity contribution in [2.75, 3.05) is 0 Å². The molecule has 1 aliphatic heterocycles. The first kappa shape index (κ1) is 14.5. The topological polar surface area (TPSA) is 9.23 Å². The summed E-state index contributed by atoms with van der Waals surface area (Å²) in [5.74, 6) is 3.94. The van der Waals surface area contributed by atoms with Crippen molar-refractivity contribution < 1.29 is 4.74 Å². The van der Waals surface area contributed by atoms with E-state index in [2.05, 4.69) is 13.8 Å². The predicted octanol–water partition coefficient (Wildman–Crippen LogP) is 5.70. The summed E-state index contributed by atoms with van der Waals surface area (Å²) in [7, 11) is 0. The van der Waals surface area contributed by atoms with Gasteiger partial charge in [-0.05, 0) is 87.5 Å². The van der Waals surface area contributed by atoms with Gasteiger partial charge in [-0.25, -0.2) is 0 Å². The van der Waals surface area contributed by atoms with Gasteiger partial charge in [-0.15, -0.1) is 0 Å². The molecule has 20 heavy (non-hydrogen) atoms. The maximum absolute atomic E-state index is 5.96. The van der Waals surface area contributed by atoms with Crippen LogP contribution in [0.4, 0.5) is 0 Å². The van der Waals surface area contributed by atoms with E-state index in [0.29, 0.717) is 6.10 Å². The lowest BCUT2D eigenvalue weighted by Gasteiger charge is -2.39. The van der Waals surface area contributed by atoms with Gasteiger partial charge >= 0.3 is 0 Å². The summed E-state index contributed by atoms with van der Waals surface area (Å²) in [6.45, 7) is 4.63. The molecular weight excluding hydrogens is 244 g/mol. The average Bonchev–Trinajstić information content (AvgIpc) is 2.49. The van der Waals surface area contributed by atoms with Crippen LogP contribution in [-0.2, 0) is 4.74 Å². The van der Waals surface area contributed by atoms with Crippen molar-refractivity contribution in [1.82, 2.24) is 0 Å². The quantitative estimate of drug-likeness (QED) is 0.628. The Morgan fingerprint density at radius 3 is 1.90 bits per heavy atom. The Morgan fingerprint density at radius 1 is 0.800 bits per heavy atom. The minimum absolute atomic E-state index is 0.533. The molecule has 1 nitrogen and oxygen atoms in total. The molecule has 114 valence electrons. The van der Waals surface area contributed by atoms with E-state index >= 15 is 0 Å². The van der Waals surface area contributed by atoms with Crippen LogP contribution in [0.15, 0.2) is 11.8 Å². The van der Waals surface area contributed by atoms with Crippen molar-refractivity contribution in [1.29, 1.82) is 0 Å². The van der Waals surface area contributed by atoms with Gasteiger partial charge in [0.05, 0.1) is 6.26 Å². The Morgan fingerprint density at radius 2 is 1.35 bits per heavy atom. The maximum atomic E-state index is 5.96. The Labute approximate surface area is 125 Å². The van der Waals surface area contributed by atoms with E-state index in [4.69, 9.17) is 4.74 Å². The normalized spacial score (nSPS) is 42.7. The summed E-state index contributed by atoms with van der Waals surface area (Å²) in [6.07, 6.45) is 16.9. The number of hydrogen-bond donors (Lipinski definition) is 0. The molecule has 0 saturated heterocycles. The van der Waals surface area contributed by atoms with Crippen LogP contribution in [0, 0.1) is 23.7 Å². The third-order valence-corrected chi connectivity index (χ3v) is 6.34. The summed E-state index contributed by atoms with van der Waals surface area (Å²) in [5, 5.41) is 0. The van der Waals surface area contributed by atoms with Gasteiger partial charge in [0.25, 0.3) is 0 Å².